The van der Waals surface area contributed by atoms with Gasteiger partial charge in [0.15, 0.2) is 0 Å². The number of amides is 1. The standard InChI is InChI=1S/C31H34F3N5O/c1-5-26(40)39-17-23(10-9-19(39)3)30-37-27(28-29(35)36-13-14-38(28)30)25-12-11-22(15-18(25)2)20(4)21-7-6-8-24(16-21)31(32,33)34/h6-8,11-16,19-20,23H,5,9-10,17H2,1-4H3,(H2,35,36)/t19-,20-,23-/m1/s1. The second-order valence-corrected chi connectivity index (χ2v) is 10.8. The minimum Gasteiger partial charge on any atom is -0.382 e. The lowest BCUT2D eigenvalue weighted by molar-refractivity contribution is -0.137. The molecule has 1 fully saturated rings. The number of nitrogens with two attached hydrogens (primary N) is 1. The van der Waals surface area contributed by atoms with Crippen molar-refractivity contribution in [3.05, 3.63) is 82.9 Å². The molecule has 2 aromatic carbocycles. The average molecular weight is 550 g/mol. The van der Waals surface area contributed by atoms with Gasteiger partial charge in [0.1, 0.15) is 22.9 Å². The van der Waals surface area contributed by atoms with E-state index in [9.17, 15) is 18.0 Å². The van der Waals surface area contributed by atoms with Crippen molar-refractivity contribution in [1.29, 1.82) is 0 Å². The molecular formula is C31H34F3N5O. The number of hydrogen-bond donors (Lipinski definition) is 1. The Balaban J connectivity index is 1.53. The third-order valence-electron chi connectivity index (χ3n) is 8.20. The molecular weight excluding hydrogens is 515 g/mol. The van der Waals surface area contributed by atoms with E-state index in [2.05, 4.69) is 11.9 Å². The van der Waals surface area contributed by atoms with Gasteiger partial charge < -0.3 is 10.6 Å². The van der Waals surface area contributed by atoms with Crippen molar-refractivity contribution in [3.8, 4) is 11.3 Å². The fourth-order valence-corrected chi connectivity index (χ4v) is 5.83. The molecule has 210 valence electrons. The van der Waals surface area contributed by atoms with Crippen LogP contribution < -0.4 is 5.73 Å². The summed E-state index contributed by atoms with van der Waals surface area (Å²) in [5.74, 6) is 1.17. The summed E-state index contributed by atoms with van der Waals surface area (Å²) >= 11 is 0. The highest BCUT2D eigenvalue weighted by Gasteiger charge is 2.33. The van der Waals surface area contributed by atoms with Gasteiger partial charge in [0.25, 0.3) is 0 Å². The Kier molecular flexibility index (Phi) is 7.33. The average Bonchev–Trinajstić information content (AvgIpc) is 3.32. The van der Waals surface area contributed by atoms with E-state index >= 15 is 0 Å². The fourth-order valence-electron chi connectivity index (χ4n) is 5.83. The largest absolute Gasteiger partial charge is 0.416 e. The number of alkyl halides is 3. The molecule has 3 heterocycles. The van der Waals surface area contributed by atoms with Crippen LogP contribution in [0.2, 0.25) is 0 Å². The van der Waals surface area contributed by atoms with Crippen LogP contribution in [0, 0.1) is 6.92 Å². The summed E-state index contributed by atoms with van der Waals surface area (Å²) in [5.41, 5.74) is 10.5. The number of aryl methyl sites for hydroxylation is 1. The maximum absolute atomic E-state index is 13.3. The van der Waals surface area contributed by atoms with Crippen molar-refractivity contribution in [3.63, 3.8) is 0 Å². The highest BCUT2D eigenvalue weighted by molar-refractivity contribution is 5.86. The van der Waals surface area contributed by atoms with Gasteiger partial charge in [-0.25, -0.2) is 9.97 Å². The molecule has 6 nitrogen and oxygen atoms in total. The maximum atomic E-state index is 13.3. The van der Waals surface area contributed by atoms with Gasteiger partial charge in [0.2, 0.25) is 5.91 Å². The number of fused-ring (bicyclic) bond motifs is 1. The van der Waals surface area contributed by atoms with Crippen LogP contribution in [0.4, 0.5) is 19.0 Å². The van der Waals surface area contributed by atoms with Crippen LogP contribution in [0.5, 0.6) is 0 Å². The van der Waals surface area contributed by atoms with Gasteiger partial charge >= 0.3 is 6.18 Å². The summed E-state index contributed by atoms with van der Waals surface area (Å²) in [4.78, 5) is 24.0. The molecule has 2 N–H and O–H groups in total. The van der Waals surface area contributed by atoms with E-state index in [1.807, 2.05) is 54.5 Å². The van der Waals surface area contributed by atoms with E-state index in [0.717, 1.165) is 41.4 Å². The Morgan fingerprint density at radius 3 is 2.60 bits per heavy atom. The van der Waals surface area contributed by atoms with Crippen LogP contribution in [0.15, 0.2) is 54.9 Å². The van der Waals surface area contributed by atoms with Crippen LogP contribution in [0.25, 0.3) is 16.8 Å². The second-order valence-electron chi connectivity index (χ2n) is 10.8. The van der Waals surface area contributed by atoms with Crippen molar-refractivity contribution in [2.75, 3.05) is 12.3 Å². The summed E-state index contributed by atoms with van der Waals surface area (Å²) in [6.45, 7) is 8.45. The van der Waals surface area contributed by atoms with E-state index in [1.54, 1.807) is 12.3 Å². The predicted octanol–water partition coefficient (Wildman–Crippen LogP) is 6.96. The molecule has 3 atom stereocenters. The van der Waals surface area contributed by atoms with Crippen LogP contribution in [0.1, 0.15) is 79.9 Å². The smallest absolute Gasteiger partial charge is 0.382 e. The number of benzene rings is 2. The summed E-state index contributed by atoms with van der Waals surface area (Å²) in [6.07, 6.45) is 1.39. The van der Waals surface area contributed by atoms with Crippen LogP contribution in [0.3, 0.4) is 0 Å². The van der Waals surface area contributed by atoms with Crippen LogP contribution in [-0.4, -0.2) is 37.8 Å². The molecule has 5 rings (SSSR count). The van der Waals surface area contributed by atoms with Crippen LogP contribution in [-0.2, 0) is 11.0 Å². The van der Waals surface area contributed by atoms with Crippen molar-refractivity contribution in [2.45, 2.75) is 71.0 Å². The number of anilines is 1. The Hall–Kier alpha value is -3.88. The molecule has 0 aliphatic carbocycles. The minimum absolute atomic E-state index is 0.0512. The number of likely N-dealkylation sites (tertiary alicyclic amines) is 1. The highest BCUT2D eigenvalue weighted by atomic mass is 19.4. The Bertz CT molecular complexity index is 1560. The third-order valence-corrected chi connectivity index (χ3v) is 8.20. The molecule has 1 saturated heterocycles. The number of piperidine rings is 1. The van der Waals surface area contributed by atoms with Gasteiger partial charge in [-0.15, -0.1) is 0 Å². The van der Waals surface area contributed by atoms with Crippen molar-refractivity contribution < 1.29 is 18.0 Å². The zero-order chi connectivity index (χ0) is 28.8. The number of rotatable bonds is 5. The topological polar surface area (TPSA) is 76.5 Å². The van der Waals surface area contributed by atoms with Gasteiger partial charge in [-0.05, 0) is 49.4 Å². The Morgan fingerprint density at radius 1 is 1.15 bits per heavy atom. The molecule has 40 heavy (non-hydrogen) atoms. The van der Waals surface area contributed by atoms with Crippen LogP contribution >= 0.6 is 0 Å². The first-order valence-corrected chi connectivity index (χ1v) is 13.7. The van der Waals surface area contributed by atoms with Crippen molar-refractivity contribution in [2.24, 2.45) is 0 Å². The van der Waals surface area contributed by atoms with Crippen molar-refractivity contribution >= 4 is 17.2 Å². The van der Waals surface area contributed by atoms with E-state index in [4.69, 9.17) is 10.7 Å². The summed E-state index contributed by atoms with van der Waals surface area (Å²) in [7, 11) is 0. The first-order valence-electron chi connectivity index (χ1n) is 13.7. The monoisotopic (exact) mass is 549 g/mol. The SMILES string of the molecule is CCC(=O)N1C[C@H](c2nc(-c3ccc([C@H](C)c4cccc(C(F)(F)F)c4)cc3C)c3c(N)nccn23)CC[C@H]1C. The summed E-state index contributed by atoms with van der Waals surface area (Å²) in [6, 6.07) is 11.6. The molecule has 0 unspecified atom stereocenters. The molecule has 9 heteroatoms. The molecule has 4 aromatic rings. The van der Waals surface area contributed by atoms with E-state index < -0.39 is 11.7 Å². The predicted molar refractivity (Wildman–Crippen MR) is 150 cm³/mol. The van der Waals surface area contributed by atoms with E-state index in [0.29, 0.717) is 35.6 Å². The Labute approximate surface area is 232 Å². The molecule has 0 saturated carbocycles. The maximum Gasteiger partial charge on any atom is 0.416 e. The number of hydrogen-bond acceptors (Lipinski definition) is 4. The number of nitrogen functional groups attached to an aromatic ring is 1. The third kappa shape index (κ3) is 5.05. The molecule has 0 bridgehead atoms. The number of aromatic nitrogens is 3. The number of carbonyl (C=O) groups excluding carboxylic acids is 1. The van der Waals surface area contributed by atoms with Gasteiger partial charge in [-0.3, -0.25) is 9.20 Å². The molecule has 0 radical (unpaired) electrons. The molecule has 1 aliphatic rings. The lowest BCUT2D eigenvalue weighted by Gasteiger charge is -2.37. The zero-order valence-electron chi connectivity index (χ0n) is 23.2. The molecule has 0 spiro atoms. The van der Waals surface area contributed by atoms with Gasteiger partial charge in [0.05, 0.1) is 5.56 Å². The fraction of sp³-hybridized carbons (Fsp3) is 0.387. The molecule has 2 aromatic heterocycles. The number of imidazole rings is 1. The number of nitrogens with zero attached hydrogens (tertiary/aromatic N) is 4. The first kappa shape index (κ1) is 27.7. The quantitative estimate of drug-likeness (QED) is 0.292. The van der Waals surface area contributed by atoms with Gasteiger partial charge in [-0.1, -0.05) is 50.2 Å². The van der Waals surface area contributed by atoms with E-state index in [-0.39, 0.29) is 23.8 Å². The first-order chi connectivity index (χ1) is 19.0. The van der Waals surface area contributed by atoms with E-state index in [1.165, 1.54) is 12.1 Å². The number of halogens is 3. The lowest BCUT2D eigenvalue weighted by Crippen LogP contribution is -2.44. The van der Waals surface area contributed by atoms with Gasteiger partial charge in [0, 0.05) is 48.8 Å². The Morgan fingerprint density at radius 2 is 1.90 bits per heavy atom. The zero-order valence-corrected chi connectivity index (χ0v) is 23.2. The minimum atomic E-state index is -4.39. The molecule has 1 amide bonds. The normalized spacial score (nSPS) is 18.7. The summed E-state index contributed by atoms with van der Waals surface area (Å²) in [5, 5.41) is 0. The van der Waals surface area contributed by atoms with Crippen molar-refractivity contribution in [1.82, 2.24) is 19.3 Å². The highest BCUT2D eigenvalue weighted by Crippen LogP contribution is 2.38. The second kappa shape index (κ2) is 10.6. The summed E-state index contributed by atoms with van der Waals surface area (Å²) < 4.78 is 41.9. The number of carbonyl (C=O) groups is 1. The lowest BCUT2D eigenvalue weighted by atomic mass is 9.89. The van der Waals surface area contributed by atoms with Gasteiger partial charge in [-0.2, -0.15) is 13.2 Å². The molecule has 1 aliphatic heterocycles.